The second-order valence-electron chi connectivity index (χ2n) is 6.25. The molecule has 0 radical (unpaired) electrons. The van der Waals surface area contributed by atoms with Gasteiger partial charge in [-0.3, -0.25) is 10.3 Å². The van der Waals surface area contributed by atoms with E-state index >= 15 is 0 Å². The van der Waals surface area contributed by atoms with Gasteiger partial charge in [0.05, 0.1) is 13.0 Å². The minimum atomic E-state index is -1.09. The van der Waals surface area contributed by atoms with Crippen LogP contribution < -0.4 is 5.32 Å². The number of para-hydroxylation sites is 1. The number of ether oxygens (including phenoxy) is 2. The number of amidine groups is 1. The molecule has 0 bridgehead atoms. The maximum Gasteiger partial charge on any atom is 0.412 e. The summed E-state index contributed by atoms with van der Waals surface area (Å²) in [7, 11) is 0. The number of hydrogen-bond acceptors (Lipinski definition) is 6. The quantitative estimate of drug-likeness (QED) is 0.789. The molecule has 2 rings (SSSR count). The third kappa shape index (κ3) is 5.40. The van der Waals surface area contributed by atoms with E-state index in [1.54, 1.807) is 13.1 Å². The van der Waals surface area contributed by atoms with Gasteiger partial charge in [0, 0.05) is 24.4 Å². The van der Waals surface area contributed by atoms with Crippen LogP contribution in [0.1, 0.15) is 31.4 Å². The molecule has 1 N–H and O–H groups in total. The summed E-state index contributed by atoms with van der Waals surface area (Å²) in [6.45, 7) is 8.27. The lowest BCUT2D eigenvalue weighted by Gasteiger charge is -2.19. The fraction of sp³-hybridized carbons (Fsp3) is 0.474. The first-order valence-electron chi connectivity index (χ1n) is 8.68. The molecule has 0 fully saturated rings. The van der Waals surface area contributed by atoms with Gasteiger partial charge in [0.2, 0.25) is 6.10 Å². The molecule has 26 heavy (non-hydrogen) atoms. The third-order valence-corrected chi connectivity index (χ3v) is 3.91. The van der Waals surface area contributed by atoms with Crippen molar-refractivity contribution in [3.8, 4) is 0 Å². The molecule has 1 aliphatic heterocycles. The lowest BCUT2D eigenvalue weighted by Crippen LogP contribution is -2.33. The first kappa shape index (κ1) is 19.6. The van der Waals surface area contributed by atoms with Gasteiger partial charge in [0.1, 0.15) is 5.84 Å². The van der Waals surface area contributed by atoms with Crippen molar-refractivity contribution in [2.75, 3.05) is 18.5 Å². The van der Waals surface area contributed by atoms with Gasteiger partial charge in [0.25, 0.3) is 0 Å². The molecule has 2 atom stereocenters. The number of aliphatic imine (C=N–C) groups is 2. The van der Waals surface area contributed by atoms with Crippen LogP contribution in [-0.2, 0) is 14.3 Å². The second-order valence-corrected chi connectivity index (χ2v) is 6.25. The molecule has 0 saturated heterocycles. The Kier molecular flexibility index (Phi) is 6.89. The van der Waals surface area contributed by atoms with Crippen LogP contribution in [0.3, 0.4) is 0 Å². The summed E-state index contributed by atoms with van der Waals surface area (Å²) in [6.07, 6.45) is 0.0570. The van der Waals surface area contributed by atoms with Gasteiger partial charge in [-0.25, -0.2) is 14.6 Å². The van der Waals surface area contributed by atoms with Crippen molar-refractivity contribution in [1.82, 2.24) is 0 Å². The lowest BCUT2D eigenvalue weighted by molar-refractivity contribution is -0.152. The first-order chi connectivity index (χ1) is 12.4. The number of esters is 1. The average molecular weight is 359 g/mol. The standard InChI is InChI=1S/C19H25N3O4/c1-5-25-18(23)15(9-16-20-10-12(2)11-21-16)26-19(24)22-17-13(3)7-6-8-14(17)4/h6-8,10,12,15H,5,9,11H2,1-4H3,(H,22,24). The zero-order chi connectivity index (χ0) is 19.1. The predicted molar refractivity (Wildman–Crippen MR) is 101 cm³/mol. The van der Waals surface area contributed by atoms with Crippen molar-refractivity contribution in [1.29, 1.82) is 0 Å². The van der Waals surface area contributed by atoms with E-state index in [1.165, 1.54) is 0 Å². The molecule has 0 aliphatic carbocycles. The molecule has 1 aromatic carbocycles. The molecule has 140 valence electrons. The third-order valence-electron chi connectivity index (χ3n) is 3.91. The summed E-state index contributed by atoms with van der Waals surface area (Å²) in [5.74, 6) is 0.120. The number of carbonyl (C=O) groups excluding carboxylic acids is 2. The second kappa shape index (κ2) is 9.12. The maximum absolute atomic E-state index is 12.3. The number of amides is 1. The predicted octanol–water partition coefficient (Wildman–Crippen LogP) is 3.29. The van der Waals surface area contributed by atoms with E-state index in [2.05, 4.69) is 15.3 Å². The van der Waals surface area contributed by atoms with Gasteiger partial charge in [-0.1, -0.05) is 25.1 Å². The lowest BCUT2D eigenvalue weighted by atomic mass is 10.1. The first-order valence-corrected chi connectivity index (χ1v) is 8.68. The molecule has 2 unspecified atom stereocenters. The number of aryl methyl sites for hydroxylation is 2. The van der Waals surface area contributed by atoms with Gasteiger partial charge in [-0.05, 0) is 31.9 Å². The van der Waals surface area contributed by atoms with E-state index in [4.69, 9.17) is 9.47 Å². The monoisotopic (exact) mass is 359 g/mol. The molecule has 0 spiro atoms. The molecule has 1 heterocycles. The molecular formula is C19H25N3O4. The van der Waals surface area contributed by atoms with E-state index in [0.717, 1.165) is 11.1 Å². The van der Waals surface area contributed by atoms with E-state index in [-0.39, 0.29) is 18.9 Å². The minimum absolute atomic E-state index is 0.0855. The highest BCUT2D eigenvalue weighted by atomic mass is 16.6. The molecule has 7 nitrogen and oxygen atoms in total. The van der Waals surface area contributed by atoms with Gasteiger partial charge in [-0.2, -0.15) is 0 Å². The number of nitrogens with one attached hydrogen (secondary N) is 1. The summed E-state index contributed by atoms with van der Waals surface area (Å²) in [5.41, 5.74) is 2.48. The molecular weight excluding hydrogens is 334 g/mol. The fourth-order valence-corrected chi connectivity index (χ4v) is 2.51. The van der Waals surface area contributed by atoms with Crippen LogP contribution in [-0.4, -0.2) is 43.4 Å². The number of rotatable bonds is 6. The van der Waals surface area contributed by atoms with Crippen molar-refractivity contribution in [3.63, 3.8) is 0 Å². The number of benzene rings is 1. The van der Waals surface area contributed by atoms with Gasteiger partial charge in [-0.15, -0.1) is 0 Å². The minimum Gasteiger partial charge on any atom is -0.463 e. The number of nitrogens with zero attached hydrogens (tertiary/aromatic N) is 2. The highest BCUT2D eigenvalue weighted by Crippen LogP contribution is 2.20. The van der Waals surface area contributed by atoms with Crippen molar-refractivity contribution in [2.45, 2.75) is 40.2 Å². The van der Waals surface area contributed by atoms with Crippen LogP contribution in [0.15, 0.2) is 28.2 Å². The maximum atomic E-state index is 12.3. The Bertz CT molecular complexity index is 707. The Morgan fingerprint density at radius 2 is 2.00 bits per heavy atom. The average Bonchev–Trinajstić information content (AvgIpc) is 2.60. The van der Waals surface area contributed by atoms with Crippen molar-refractivity contribution < 1.29 is 19.1 Å². The molecule has 0 aromatic heterocycles. The topological polar surface area (TPSA) is 89.3 Å². The Balaban J connectivity index is 2.07. The summed E-state index contributed by atoms with van der Waals surface area (Å²) >= 11 is 0. The van der Waals surface area contributed by atoms with Crippen molar-refractivity contribution >= 4 is 29.8 Å². The normalized spacial score (nSPS) is 17.2. The summed E-state index contributed by atoms with van der Waals surface area (Å²) in [4.78, 5) is 33.0. The van der Waals surface area contributed by atoms with Gasteiger partial charge in [0.15, 0.2) is 0 Å². The van der Waals surface area contributed by atoms with Crippen LogP contribution in [0.5, 0.6) is 0 Å². The molecule has 7 heteroatoms. The van der Waals surface area contributed by atoms with Crippen LogP contribution in [0.25, 0.3) is 0 Å². The van der Waals surface area contributed by atoms with E-state index in [0.29, 0.717) is 18.1 Å². The highest BCUT2D eigenvalue weighted by molar-refractivity contribution is 5.96. The molecule has 1 aromatic rings. The Morgan fingerprint density at radius 3 is 2.58 bits per heavy atom. The Labute approximate surface area is 153 Å². The number of hydrogen-bond donors (Lipinski definition) is 1. The summed E-state index contributed by atoms with van der Waals surface area (Å²) < 4.78 is 10.3. The van der Waals surface area contributed by atoms with Gasteiger partial charge < -0.3 is 9.47 Å². The number of anilines is 1. The zero-order valence-electron chi connectivity index (χ0n) is 15.6. The summed E-state index contributed by atoms with van der Waals surface area (Å²) in [5, 5.41) is 2.70. The van der Waals surface area contributed by atoms with Crippen LogP contribution in [0.4, 0.5) is 10.5 Å². The molecule has 1 aliphatic rings. The molecule has 0 saturated carbocycles. The zero-order valence-corrected chi connectivity index (χ0v) is 15.6. The van der Waals surface area contributed by atoms with Crippen LogP contribution in [0, 0.1) is 19.8 Å². The van der Waals surface area contributed by atoms with Crippen molar-refractivity contribution in [3.05, 3.63) is 29.3 Å². The number of carbonyl (C=O) groups is 2. The van der Waals surface area contributed by atoms with E-state index in [1.807, 2.05) is 39.0 Å². The Hall–Kier alpha value is -2.70. The SMILES string of the molecule is CCOC(=O)C(CC1=NCC(C)C=N1)OC(=O)Nc1c(C)cccc1C. The van der Waals surface area contributed by atoms with Gasteiger partial charge >= 0.3 is 12.1 Å². The highest BCUT2D eigenvalue weighted by Gasteiger charge is 2.27. The Morgan fingerprint density at radius 1 is 1.31 bits per heavy atom. The summed E-state index contributed by atoms with van der Waals surface area (Å²) in [6, 6.07) is 5.68. The smallest absolute Gasteiger partial charge is 0.412 e. The van der Waals surface area contributed by atoms with Crippen LogP contribution in [0.2, 0.25) is 0 Å². The van der Waals surface area contributed by atoms with E-state index < -0.39 is 18.2 Å². The fourth-order valence-electron chi connectivity index (χ4n) is 2.51. The largest absolute Gasteiger partial charge is 0.463 e. The van der Waals surface area contributed by atoms with E-state index in [9.17, 15) is 9.59 Å². The molecule has 1 amide bonds. The van der Waals surface area contributed by atoms with Crippen LogP contribution >= 0.6 is 0 Å². The van der Waals surface area contributed by atoms with Crippen molar-refractivity contribution in [2.24, 2.45) is 15.9 Å².